The lowest BCUT2D eigenvalue weighted by atomic mass is 9.89. The van der Waals surface area contributed by atoms with E-state index in [4.69, 9.17) is 10.7 Å². The van der Waals surface area contributed by atoms with E-state index in [1.807, 2.05) is 63.2 Å². The number of rotatable bonds is 3. The number of nitrogen functional groups attached to an aromatic ring is 1. The van der Waals surface area contributed by atoms with E-state index in [2.05, 4.69) is 34.1 Å². The first-order chi connectivity index (χ1) is 13.8. The minimum Gasteiger partial charge on any atom is -0.397 e. The minimum atomic E-state index is -0.505. The molecule has 2 aromatic heterocycles. The van der Waals surface area contributed by atoms with Crippen LogP contribution in [-0.2, 0) is 0 Å². The van der Waals surface area contributed by atoms with Gasteiger partial charge in [-0.3, -0.25) is 4.79 Å². The molecule has 0 atom stereocenters. The Bertz CT molecular complexity index is 1210. The molecule has 146 valence electrons. The standard InChI is InChI=1S/C24H21BrN2OS/c1-24(2,3)22(28)21-20(26)19-17(14-9-11-16(25)12-10-14)13-18(27-23(19)29-21)15-7-5-4-6-8-15/h4-13H,26H2,1-3H3. The zero-order chi connectivity index (χ0) is 20.8. The summed E-state index contributed by atoms with van der Waals surface area (Å²) < 4.78 is 1.01. The second-order valence-electron chi connectivity index (χ2n) is 8.03. The molecule has 2 N–H and O–H groups in total. The molecule has 0 bridgehead atoms. The molecular formula is C24H21BrN2OS. The molecule has 0 aliphatic heterocycles. The van der Waals surface area contributed by atoms with E-state index in [0.29, 0.717) is 10.6 Å². The summed E-state index contributed by atoms with van der Waals surface area (Å²) in [6.07, 6.45) is 0. The highest BCUT2D eigenvalue weighted by Crippen LogP contribution is 2.43. The fourth-order valence-electron chi connectivity index (χ4n) is 3.24. The summed E-state index contributed by atoms with van der Waals surface area (Å²) in [6, 6.07) is 20.2. The summed E-state index contributed by atoms with van der Waals surface area (Å²) in [6.45, 7) is 5.74. The number of anilines is 1. The van der Waals surface area contributed by atoms with Crippen molar-refractivity contribution in [3.8, 4) is 22.4 Å². The highest BCUT2D eigenvalue weighted by atomic mass is 79.9. The number of nitrogens with zero attached hydrogens (tertiary/aromatic N) is 1. The number of carbonyl (C=O) groups excluding carboxylic acids is 1. The Morgan fingerprint density at radius 3 is 2.28 bits per heavy atom. The van der Waals surface area contributed by atoms with Gasteiger partial charge in [-0.25, -0.2) is 4.98 Å². The van der Waals surface area contributed by atoms with Crippen LogP contribution in [0.4, 0.5) is 5.69 Å². The van der Waals surface area contributed by atoms with Gasteiger partial charge >= 0.3 is 0 Å². The number of ketones is 1. The zero-order valence-corrected chi connectivity index (χ0v) is 18.9. The van der Waals surface area contributed by atoms with Gasteiger partial charge in [0.05, 0.1) is 16.3 Å². The highest BCUT2D eigenvalue weighted by Gasteiger charge is 2.29. The number of halogens is 1. The molecule has 2 aromatic carbocycles. The number of hydrogen-bond acceptors (Lipinski definition) is 4. The maximum atomic E-state index is 13.0. The van der Waals surface area contributed by atoms with Crippen LogP contribution >= 0.6 is 27.3 Å². The summed E-state index contributed by atoms with van der Waals surface area (Å²) >= 11 is 4.88. The van der Waals surface area contributed by atoms with Gasteiger partial charge in [0, 0.05) is 20.8 Å². The number of Topliss-reactive ketones (excluding diaryl/α,β-unsaturated/α-hetero) is 1. The van der Waals surface area contributed by atoms with Crippen LogP contribution < -0.4 is 5.73 Å². The monoisotopic (exact) mass is 464 g/mol. The van der Waals surface area contributed by atoms with Crippen LogP contribution in [0.3, 0.4) is 0 Å². The number of nitrogens with two attached hydrogens (primary N) is 1. The smallest absolute Gasteiger partial charge is 0.180 e. The molecule has 0 amide bonds. The van der Waals surface area contributed by atoms with Crippen molar-refractivity contribution in [2.75, 3.05) is 5.73 Å². The molecule has 5 heteroatoms. The van der Waals surface area contributed by atoms with E-state index in [0.717, 1.165) is 37.1 Å². The predicted octanol–water partition coefficient (Wildman–Crippen LogP) is 7.20. The zero-order valence-electron chi connectivity index (χ0n) is 16.5. The summed E-state index contributed by atoms with van der Waals surface area (Å²) in [5, 5.41) is 0.851. The van der Waals surface area contributed by atoms with Gasteiger partial charge in [-0.05, 0) is 29.3 Å². The van der Waals surface area contributed by atoms with Gasteiger partial charge in [0.1, 0.15) is 4.83 Å². The van der Waals surface area contributed by atoms with Crippen molar-refractivity contribution < 1.29 is 4.79 Å². The summed E-state index contributed by atoms with van der Waals surface area (Å²) in [7, 11) is 0. The average Bonchev–Trinajstić information content (AvgIpc) is 3.04. The van der Waals surface area contributed by atoms with E-state index in [1.54, 1.807) is 0 Å². The Balaban J connectivity index is 2.03. The molecule has 0 unspecified atom stereocenters. The molecule has 0 saturated heterocycles. The van der Waals surface area contributed by atoms with E-state index in [9.17, 15) is 4.79 Å². The van der Waals surface area contributed by atoms with Crippen LogP contribution in [0, 0.1) is 5.41 Å². The minimum absolute atomic E-state index is 0.0426. The van der Waals surface area contributed by atoms with Gasteiger partial charge in [0.15, 0.2) is 5.78 Å². The topological polar surface area (TPSA) is 56.0 Å². The van der Waals surface area contributed by atoms with Crippen molar-refractivity contribution in [3.63, 3.8) is 0 Å². The lowest BCUT2D eigenvalue weighted by Gasteiger charge is -2.15. The van der Waals surface area contributed by atoms with E-state index in [-0.39, 0.29) is 5.78 Å². The first kappa shape index (κ1) is 19.8. The number of hydrogen-bond donors (Lipinski definition) is 1. The summed E-state index contributed by atoms with van der Waals surface area (Å²) in [5.74, 6) is 0.0426. The number of benzene rings is 2. The third-order valence-electron chi connectivity index (χ3n) is 4.81. The lowest BCUT2D eigenvalue weighted by molar-refractivity contribution is 0.0863. The van der Waals surface area contributed by atoms with Gasteiger partial charge in [-0.1, -0.05) is 79.2 Å². The van der Waals surface area contributed by atoms with Crippen molar-refractivity contribution in [2.45, 2.75) is 20.8 Å². The van der Waals surface area contributed by atoms with E-state index in [1.165, 1.54) is 11.3 Å². The van der Waals surface area contributed by atoms with Crippen molar-refractivity contribution in [1.29, 1.82) is 0 Å². The van der Waals surface area contributed by atoms with Crippen molar-refractivity contribution >= 4 is 49.0 Å². The number of thiophene rings is 1. The first-order valence-electron chi connectivity index (χ1n) is 9.35. The van der Waals surface area contributed by atoms with Gasteiger partial charge in [-0.2, -0.15) is 0 Å². The van der Waals surface area contributed by atoms with Crippen molar-refractivity contribution in [2.24, 2.45) is 5.41 Å². The fraction of sp³-hybridized carbons (Fsp3) is 0.167. The molecule has 0 aliphatic carbocycles. The highest BCUT2D eigenvalue weighted by molar-refractivity contribution is 9.10. The summed E-state index contributed by atoms with van der Waals surface area (Å²) in [4.78, 5) is 19.2. The fourth-order valence-corrected chi connectivity index (χ4v) is 4.78. The average molecular weight is 465 g/mol. The molecule has 0 radical (unpaired) electrons. The van der Waals surface area contributed by atoms with Crippen LogP contribution in [0.5, 0.6) is 0 Å². The molecule has 4 rings (SSSR count). The second-order valence-corrected chi connectivity index (χ2v) is 9.95. The third kappa shape index (κ3) is 3.72. The molecule has 29 heavy (non-hydrogen) atoms. The molecule has 0 spiro atoms. The quantitative estimate of drug-likeness (QED) is 0.326. The molecule has 0 saturated carbocycles. The van der Waals surface area contributed by atoms with Crippen LogP contribution in [0.15, 0.2) is 65.1 Å². The maximum Gasteiger partial charge on any atom is 0.180 e. The maximum absolute atomic E-state index is 13.0. The summed E-state index contributed by atoms with van der Waals surface area (Å²) in [5.41, 5.74) is 10.5. The molecule has 0 fully saturated rings. The molecular weight excluding hydrogens is 444 g/mol. The second kappa shape index (κ2) is 7.39. The largest absolute Gasteiger partial charge is 0.397 e. The molecule has 3 nitrogen and oxygen atoms in total. The van der Waals surface area contributed by atoms with Crippen LogP contribution in [0.1, 0.15) is 30.4 Å². The van der Waals surface area contributed by atoms with Crippen molar-refractivity contribution in [1.82, 2.24) is 4.98 Å². The Morgan fingerprint density at radius 1 is 1.00 bits per heavy atom. The van der Waals surface area contributed by atoms with Crippen LogP contribution in [-0.4, -0.2) is 10.8 Å². The molecule has 0 aliphatic rings. The normalized spacial score (nSPS) is 11.7. The van der Waals surface area contributed by atoms with Crippen LogP contribution in [0.25, 0.3) is 32.6 Å². The Kier molecular flexibility index (Phi) is 5.05. The first-order valence-corrected chi connectivity index (χ1v) is 11.0. The number of fused-ring (bicyclic) bond motifs is 1. The van der Waals surface area contributed by atoms with Gasteiger partial charge in [0.25, 0.3) is 0 Å². The Labute approximate surface area is 182 Å². The Morgan fingerprint density at radius 2 is 1.66 bits per heavy atom. The van der Waals surface area contributed by atoms with Crippen molar-refractivity contribution in [3.05, 3.63) is 70.0 Å². The van der Waals surface area contributed by atoms with Gasteiger partial charge in [0.2, 0.25) is 0 Å². The van der Waals surface area contributed by atoms with Gasteiger partial charge < -0.3 is 5.73 Å². The molecule has 2 heterocycles. The number of aromatic nitrogens is 1. The SMILES string of the molecule is CC(C)(C)C(=O)c1sc2nc(-c3ccccc3)cc(-c3ccc(Br)cc3)c2c1N. The Hall–Kier alpha value is -2.50. The third-order valence-corrected chi connectivity index (χ3v) is 6.44. The molecule has 4 aromatic rings. The number of carbonyl (C=O) groups is 1. The predicted molar refractivity (Wildman–Crippen MR) is 126 cm³/mol. The van der Waals surface area contributed by atoms with Gasteiger partial charge in [-0.15, -0.1) is 11.3 Å². The van der Waals surface area contributed by atoms with E-state index >= 15 is 0 Å². The van der Waals surface area contributed by atoms with E-state index < -0.39 is 5.41 Å². The number of pyridine rings is 1. The lowest BCUT2D eigenvalue weighted by Crippen LogP contribution is -2.20. The van der Waals surface area contributed by atoms with Crippen LogP contribution in [0.2, 0.25) is 0 Å².